The van der Waals surface area contributed by atoms with Gasteiger partial charge in [-0.25, -0.2) is 9.59 Å². The van der Waals surface area contributed by atoms with Crippen molar-refractivity contribution in [2.75, 3.05) is 6.61 Å². The normalized spacial score (nSPS) is 31.8. The number of rotatable bonds is 4. The summed E-state index contributed by atoms with van der Waals surface area (Å²) in [6.07, 6.45) is 2.86. The van der Waals surface area contributed by atoms with Gasteiger partial charge >= 0.3 is 11.9 Å². The van der Waals surface area contributed by atoms with Gasteiger partial charge in [-0.1, -0.05) is 46.8 Å². The molecule has 0 aromatic rings. The van der Waals surface area contributed by atoms with Crippen molar-refractivity contribution in [3.63, 3.8) is 0 Å². The van der Waals surface area contributed by atoms with E-state index in [4.69, 9.17) is 18.6 Å². The molecule has 3 rings (SSSR count). The number of ether oxygens (including phenoxy) is 3. The first-order valence-corrected chi connectivity index (χ1v) is 12.7. The van der Waals surface area contributed by atoms with Gasteiger partial charge < -0.3 is 18.6 Å². The highest BCUT2D eigenvalue weighted by Gasteiger charge is 2.50. The zero-order valence-electron chi connectivity index (χ0n) is 18.2. The molecule has 28 heavy (non-hydrogen) atoms. The Balaban J connectivity index is 1.94. The molecule has 0 aliphatic carbocycles. The third-order valence-corrected chi connectivity index (χ3v) is 10.6. The lowest BCUT2D eigenvalue weighted by molar-refractivity contribution is -0.161. The lowest BCUT2D eigenvalue weighted by Gasteiger charge is -2.41. The molecule has 2 bridgehead atoms. The molecular weight excluding hydrogens is 376 g/mol. The molecule has 1 saturated heterocycles. The Kier molecular flexibility index (Phi) is 4.87. The Morgan fingerprint density at radius 2 is 1.89 bits per heavy atom. The van der Waals surface area contributed by atoms with Crippen molar-refractivity contribution >= 4 is 20.3 Å². The molecule has 156 valence electrons. The summed E-state index contributed by atoms with van der Waals surface area (Å²) in [7, 11) is -2.17. The van der Waals surface area contributed by atoms with Gasteiger partial charge in [-0.15, -0.1) is 0 Å². The van der Waals surface area contributed by atoms with Crippen LogP contribution < -0.4 is 0 Å². The molecule has 0 spiro atoms. The van der Waals surface area contributed by atoms with Crippen molar-refractivity contribution < 1.29 is 28.2 Å². The van der Waals surface area contributed by atoms with E-state index >= 15 is 0 Å². The van der Waals surface area contributed by atoms with Crippen LogP contribution in [0.3, 0.4) is 0 Å². The van der Waals surface area contributed by atoms with Crippen LogP contribution in [0.1, 0.15) is 48.0 Å². The average molecular weight is 409 g/mol. The molecule has 0 saturated carbocycles. The molecule has 1 fully saturated rings. The standard InChI is InChI=1S/C21H32O6Si/c1-19(2,3)28(7,8)27-14-11-21(6)10-9-13(26-21)15(14)17(22)25-16-18(23)24-12-20(16,4)5/h9-10,13,16H,11-12H2,1-8H3/t13-,16+,21+/m1/s1. The fourth-order valence-electron chi connectivity index (χ4n) is 3.38. The minimum atomic E-state index is -2.17. The maximum absolute atomic E-state index is 13.2. The Labute approximate surface area is 168 Å². The molecule has 0 aromatic heterocycles. The zero-order valence-corrected chi connectivity index (χ0v) is 19.2. The second-order valence-electron chi connectivity index (χ2n) is 10.5. The van der Waals surface area contributed by atoms with Crippen molar-refractivity contribution in [2.45, 2.75) is 83.9 Å². The van der Waals surface area contributed by atoms with Crippen LogP contribution in [-0.4, -0.2) is 44.7 Å². The summed E-state index contributed by atoms with van der Waals surface area (Å²) in [5.41, 5.74) is -0.687. The van der Waals surface area contributed by atoms with E-state index in [-0.39, 0.29) is 11.6 Å². The lowest BCUT2D eigenvalue weighted by atomic mass is 9.89. The minimum Gasteiger partial charge on any atom is -0.546 e. The molecule has 3 aliphatic rings. The van der Waals surface area contributed by atoms with Gasteiger partial charge in [0, 0.05) is 11.8 Å². The number of fused-ring (bicyclic) bond motifs is 2. The van der Waals surface area contributed by atoms with Gasteiger partial charge in [-0.3, -0.25) is 0 Å². The number of esters is 2. The van der Waals surface area contributed by atoms with E-state index in [1.165, 1.54) is 0 Å². The monoisotopic (exact) mass is 408 g/mol. The molecule has 0 unspecified atom stereocenters. The van der Waals surface area contributed by atoms with E-state index < -0.39 is 43.5 Å². The highest BCUT2D eigenvalue weighted by molar-refractivity contribution is 6.74. The maximum atomic E-state index is 13.2. The van der Waals surface area contributed by atoms with Crippen LogP contribution in [-0.2, 0) is 28.2 Å². The molecule has 3 atom stereocenters. The average Bonchev–Trinajstić information content (AvgIpc) is 2.96. The fraction of sp³-hybridized carbons (Fsp3) is 0.714. The highest BCUT2D eigenvalue weighted by atomic mass is 28.4. The van der Waals surface area contributed by atoms with Crippen LogP contribution >= 0.6 is 0 Å². The number of carbonyl (C=O) groups is 2. The molecule has 0 aromatic carbocycles. The Morgan fingerprint density at radius 3 is 2.43 bits per heavy atom. The molecule has 3 heterocycles. The second kappa shape index (κ2) is 6.45. The van der Waals surface area contributed by atoms with Crippen LogP contribution in [0.2, 0.25) is 18.1 Å². The highest BCUT2D eigenvalue weighted by Crippen LogP contribution is 2.45. The van der Waals surface area contributed by atoms with Crippen LogP contribution in [0.4, 0.5) is 0 Å². The summed E-state index contributed by atoms with van der Waals surface area (Å²) in [5, 5.41) is -0.0159. The SMILES string of the molecule is CC1(C)COC(=O)[C@@H]1OC(=O)C1=C(O[Si](C)(C)C(C)(C)C)C[C@]2(C)C=C[C@H]1O2. The first kappa shape index (κ1) is 21.1. The first-order chi connectivity index (χ1) is 12.7. The molecule has 0 radical (unpaired) electrons. The topological polar surface area (TPSA) is 71.1 Å². The molecule has 0 N–H and O–H groups in total. The van der Waals surface area contributed by atoms with Gasteiger partial charge in [0.25, 0.3) is 0 Å². The van der Waals surface area contributed by atoms with Gasteiger partial charge in [0.15, 0.2) is 0 Å². The van der Waals surface area contributed by atoms with Gasteiger partial charge in [-0.2, -0.15) is 0 Å². The third kappa shape index (κ3) is 3.66. The maximum Gasteiger partial charge on any atom is 0.348 e. The number of hydrogen-bond donors (Lipinski definition) is 0. The van der Waals surface area contributed by atoms with Gasteiger partial charge in [0.2, 0.25) is 14.4 Å². The molecular formula is C21H32O6Si. The van der Waals surface area contributed by atoms with E-state index in [2.05, 4.69) is 33.9 Å². The summed E-state index contributed by atoms with van der Waals surface area (Å²) < 4.78 is 23.3. The van der Waals surface area contributed by atoms with E-state index in [1.54, 1.807) is 0 Å². The van der Waals surface area contributed by atoms with Crippen molar-refractivity contribution in [3.8, 4) is 0 Å². The van der Waals surface area contributed by atoms with E-state index in [0.717, 1.165) is 0 Å². The minimum absolute atomic E-state index is 0.0159. The zero-order chi connectivity index (χ0) is 21.1. The van der Waals surface area contributed by atoms with E-state index in [1.807, 2.05) is 32.9 Å². The predicted octanol–water partition coefficient (Wildman–Crippen LogP) is 3.87. The van der Waals surface area contributed by atoms with Crippen LogP contribution in [0, 0.1) is 5.41 Å². The van der Waals surface area contributed by atoms with Crippen LogP contribution in [0.15, 0.2) is 23.5 Å². The smallest absolute Gasteiger partial charge is 0.348 e. The third-order valence-electron chi connectivity index (χ3n) is 6.26. The van der Waals surface area contributed by atoms with Crippen molar-refractivity contribution in [1.29, 1.82) is 0 Å². The first-order valence-electron chi connectivity index (χ1n) is 9.82. The van der Waals surface area contributed by atoms with E-state index in [0.29, 0.717) is 17.8 Å². The van der Waals surface area contributed by atoms with Crippen molar-refractivity contribution in [2.24, 2.45) is 5.41 Å². The van der Waals surface area contributed by atoms with Gasteiger partial charge in [-0.05, 0) is 25.1 Å². The molecule has 7 heteroatoms. The second-order valence-corrected chi connectivity index (χ2v) is 15.2. The molecule has 6 nitrogen and oxygen atoms in total. The van der Waals surface area contributed by atoms with Crippen molar-refractivity contribution in [3.05, 3.63) is 23.5 Å². The van der Waals surface area contributed by atoms with Gasteiger partial charge in [0.1, 0.15) is 18.3 Å². The summed E-state index contributed by atoms with van der Waals surface area (Å²) >= 11 is 0. The number of hydrogen-bond acceptors (Lipinski definition) is 6. The largest absolute Gasteiger partial charge is 0.546 e. The summed E-state index contributed by atoms with van der Waals surface area (Å²) in [6, 6.07) is 0. The molecule has 0 amide bonds. The predicted molar refractivity (Wildman–Crippen MR) is 107 cm³/mol. The van der Waals surface area contributed by atoms with Gasteiger partial charge in [0.05, 0.1) is 11.4 Å². The quantitative estimate of drug-likeness (QED) is 0.399. The number of cyclic esters (lactones) is 1. The summed E-state index contributed by atoms with van der Waals surface area (Å²) in [5.74, 6) is -0.442. The summed E-state index contributed by atoms with van der Waals surface area (Å²) in [6.45, 7) is 16.7. The van der Waals surface area contributed by atoms with Crippen molar-refractivity contribution in [1.82, 2.24) is 0 Å². The molecule has 3 aliphatic heterocycles. The van der Waals surface area contributed by atoms with E-state index in [9.17, 15) is 9.59 Å². The van der Waals surface area contributed by atoms with Crippen LogP contribution in [0.25, 0.3) is 0 Å². The Morgan fingerprint density at radius 1 is 1.25 bits per heavy atom. The summed E-state index contributed by atoms with van der Waals surface area (Å²) in [4.78, 5) is 25.2. The number of carbonyl (C=O) groups excluding carboxylic acids is 2. The Bertz CT molecular complexity index is 757. The Hall–Kier alpha value is -1.60. The fourth-order valence-corrected chi connectivity index (χ4v) is 4.48. The lowest BCUT2D eigenvalue weighted by Crippen LogP contribution is -2.45. The van der Waals surface area contributed by atoms with Crippen LogP contribution in [0.5, 0.6) is 0 Å².